The summed E-state index contributed by atoms with van der Waals surface area (Å²) in [6.07, 6.45) is 3.68. The van der Waals surface area contributed by atoms with Crippen LogP contribution >= 0.6 is 0 Å². The fourth-order valence-electron chi connectivity index (χ4n) is 2.30. The number of hydrogen-bond acceptors (Lipinski definition) is 1. The molecular formula is C17H27NO. The predicted molar refractivity (Wildman–Crippen MR) is 82.5 cm³/mol. The SMILES string of the molecule is CCCc1c(CC)cccc1NC(=O)CC(C)(C)C. The highest BCUT2D eigenvalue weighted by molar-refractivity contribution is 5.92. The fourth-order valence-corrected chi connectivity index (χ4v) is 2.30. The molecule has 0 atom stereocenters. The number of carbonyl (C=O) groups is 1. The zero-order valence-corrected chi connectivity index (χ0v) is 13.0. The predicted octanol–water partition coefficient (Wildman–Crippen LogP) is 4.58. The van der Waals surface area contributed by atoms with Crippen molar-refractivity contribution in [1.29, 1.82) is 0 Å². The summed E-state index contributed by atoms with van der Waals surface area (Å²) in [5.41, 5.74) is 3.66. The van der Waals surface area contributed by atoms with E-state index in [9.17, 15) is 4.79 Å². The molecule has 19 heavy (non-hydrogen) atoms. The molecule has 0 aromatic heterocycles. The molecule has 0 saturated carbocycles. The summed E-state index contributed by atoms with van der Waals surface area (Å²) in [4.78, 5) is 12.1. The molecule has 2 heteroatoms. The second-order valence-corrected chi connectivity index (χ2v) is 6.33. The van der Waals surface area contributed by atoms with Crippen molar-refractivity contribution in [2.24, 2.45) is 5.41 Å². The first kappa shape index (κ1) is 15.7. The van der Waals surface area contributed by atoms with Crippen molar-refractivity contribution in [3.05, 3.63) is 29.3 Å². The normalized spacial score (nSPS) is 11.4. The van der Waals surface area contributed by atoms with Gasteiger partial charge < -0.3 is 5.32 Å². The van der Waals surface area contributed by atoms with Crippen LogP contribution in [0.3, 0.4) is 0 Å². The quantitative estimate of drug-likeness (QED) is 0.826. The molecule has 0 unspecified atom stereocenters. The minimum absolute atomic E-state index is 0.0252. The second kappa shape index (κ2) is 6.74. The van der Waals surface area contributed by atoms with Crippen molar-refractivity contribution < 1.29 is 4.79 Å². The molecule has 1 rings (SSSR count). The molecular weight excluding hydrogens is 234 g/mol. The van der Waals surface area contributed by atoms with Gasteiger partial charge in [0.05, 0.1) is 0 Å². The summed E-state index contributed by atoms with van der Waals surface area (Å²) in [5, 5.41) is 3.09. The molecule has 0 saturated heterocycles. The standard InChI is InChI=1S/C17H27NO/c1-6-9-14-13(7-2)10-8-11-15(14)18-16(19)12-17(3,4)5/h8,10-11H,6-7,9,12H2,1-5H3,(H,18,19). The Labute approximate surface area is 117 Å². The average molecular weight is 261 g/mol. The lowest BCUT2D eigenvalue weighted by molar-refractivity contribution is -0.117. The van der Waals surface area contributed by atoms with E-state index in [-0.39, 0.29) is 11.3 Å². The van der Waals surface area contributed by atoms with Crippen LogP contribution in [0.1, 0.15) is 58.6 Å². The van der Waals surface area contributed by atoms with Crippen molar-refractivity contribution in [2.45, 2.75) is 60.3 Å². The average Bonchev–Trinajstić information content (AvgIpc) is 2.29. The first-order valence-electron chi connectivity index (χ1n) is 7.28. The number of amides is 1. The van der Waals surface area contributed by atoms with Gasteiger partial charge in [-0.3, -0.25) is 4.79 Å². The van der Waals surface area contributed by atoms with Gasteiger partial charge in [-0.25, -0.2) is 0 Å². The molecule has 0 heterocycles. The monoisotopic (exact) mass is 261 g/mol. The minimum atomic E-state index is 0.0252. The molecule has 106 valence electrons. The molecule has 1 aromatic rings. The lowest BCUT2D eigenvalue weighted by Crippen LogP contribution is -2.20. The molecule has 1 amide bonds. The molecule has 0 spiro atoms. The number of hydrogen-bond donors (Lipinski definition) is 1. The van der Waals surface area contributed by atoms with Crippen LogP contribution in [-0.2, 0) is 17.6 Å². The topological polar surface area (TPSA) is 29.1 Å². The van der Waals surface area contributed by atoms with Gasteiger partial charge in [0.25, 0.3) is 0 Å². The van der Waals surface area contributed by atoms with Gasteiger partial charge >= 0.3 is 0 Å². The summed E-state index contributed by atoms with van der Waals surface area (Å²) in [6, 6.07) is 6.21. The van der Waals surface area contributed by atoms with Gasteiger partial charge in [0.2, 0.25) is 5.91 Å². The van der Waals surface area contributed by atoms with Crippen LogP contribution in [0.5, 0.6) is 0 Å². The summed E-state index contributed by atoms with van der Waals surface area (Å²) < 4.78 is 0. The van der Waals surface area contributed by atoms with Gasteiger partial charge in [0, 0.05) is 12.1 Å². The Bertz CT molecular complexity index is 429. The lowest BCUT2D eigenvalue weighted by Gasteiger charge is -2.19. The Hall–Kier alpha value is -1.31. The molecule has 0 aliphatic carbocycles. The number of aryl methyl sites for hydroxylation is 1. The summed E-state index contributed by atoms with van der Waals surface area (Å²) >= 11 is 0. The first-order valence-corrected chi connectivity index (χ1v) is 7.28. The molecule has 0 bridgehead atoms. The van der Waals surface area contributed by atoms with Gasteiger partial charge in [-0.1, -0.05) is 53.2 Å². The van der Waals surface area contributed by atoms with Crippen LogP contribution in [0.15, 0.2) is 18.2 Å². The highest BCUT2D eigenvalue weighted by Gasteiger charge is 2.17. The number of benzene rings is 1. The third-order valence-electron chi connectivity index (χ3n) is 3.12. The fraction of sp³-hybridized carbons (Fsp3) is 0.588. The third-order valence-corrected chi connectivity index (χ3v) is 3.12. The van der Waals surface area contributed by atoms with Gasteiger partial charge in [0.15, 0.2) is 0 Å². The van der Waals surface area contributed by atoms with Crippen LogP contribution in [0, 0.1) is 5.41 Å². The molecule has 0 aliphatic heterocycles. The number of rotatable bonds is 5. The Morgan fingerprint density at radius 1 is 1.21 bits per heavy atom. The number of nitrogens with one attached hydrogen (secondary N) is 1. The number of carbonyl (C=O) groups excluding carboxylic acids is 1. The van der Waals surface area contributed by atoms with Crippen molar-refractivity contribution in [3.8, 4) is 0 Å². The van der Waals surface area contributed by atoms with Crippen molar-refractivity contribution in [1.82, 2.24) is 0 Å². The lowest BCUT2D eigenvalue weighted by atomic mass is 9.91. The van der Waals surface area contributed by atoms with E-state index in [2.05, 4.69) is 46.0 Å². The smallest absolute Gasteiger partial charge is 0.224 e. The molecule has 0 radical (unpaired) electrons. The summed E-state index contributed by atoms with van der Waals surface area (Å²) in [5.74, 6) is 0.109. The van der Waals surface area contributed by atoms with E-state index >= 15 is 0 Å². The summed E-state index contributed by atoms with van der Waals surface area (Å²) in [6.45, 7) is 10.6. The van der Waals surface area contributed by atoms with Gasteiger partial charge in [-0.15, -0.1) is 0 Å². The van der Waals surface area contributed by atoms with Gasteiger partial charge in [-0.05, 0) is 35.4 Å². The van der Waals surface area contributed by atoms with Crippen molar-refractivity contribution >= 4 is 11.6 Å². The summed E-state index contributed by atoms with van der Waals surface area (Å²) in [7, 11) is 0. The van der Waals surface area contributed by atoms with Crippen molar-refractivity contribution in [2.75, 3.05) is 5.32 Å². The maximum absolute atomic E-state index is 12.1. The highest BCUT2D eigenvalue weighted by Crippen LogP contribution is 2.24. The first-order chi connectivity index (χ1) is 8.87. The van der Waals surface area contributed by atoms with Crippen LogP contribution < -0.4 is 5.32 Å². The van der Waals surface area contributed by atoms with Crippen LogP contribution in [-0.4, -0.2) is 5.91 Å². The minimum Gasteiger partial charge on any atom is -0.326 e. The number of anilines is 1. The zero-order chi connectivity index (χ0) is 14.5. The van der Waals surface area contributed by atoms with Gasteiger partial charge in [0.1, 0.15) is 0 Å². The Balaban J connectivity index is 2.91. The third kappa shape index (κ3) is 5.06. The molecule has 1 N–H and O–H groups in total. The van der Waals surface area contributed by atoms with E-state index in [4.69, 9.17) is 0 Å². The van der Waals surface area contributed by atoms with Crippen LogP contribution in [0.4, 0.5) is 5.69 Å². The van der Waals surface area contributed by atoms with E-state index in [1.807, 2.05) is 12.1 Å². The van der Waals surface area contributed by atoms with E-state index < -0.39 is 0 Å². The Morgan fingerprint density at radius 3 is 2.42 bits per heavy atom. The van der Waals surface area contributed by atoms with Crippen LogP contribution in [0.2, 0.25) is 0 Å². The zero-order valence-electron chi connectivity index (χ0n) is 13.0. The van der Waals surface area contributed by atoms with E-state index in [0.29, 0.717) is 6.42 Å². The van der Waals surface area contributed by atoms with E-state index in [1.165, 1.54) is 11.1 Å². The second-order valence-electron chi connectivity index (χ2n) is 6.33. The molecule has 0 fully saturated rings. The van der Waals surface area contributed by atoms with E-state index in [1.54, 1.807) is 0 Å². The molecule has 1 aromatic carbocycles. The Kier molecular flexibility index (Phi) is 5.59. The van der Waals surface area contributed by atoms with Crippen LogP contribution in [0.25, 0.3) is 0 Å². The van der Waals surface area contributed by atoms with E-state index in [0.717, 1.165) is 24.9 Å². The molecule has 0 aliphatic rings. The van der Waals surface area contributed by atoms with Crippen molar-refractivity contribution in [3.63, 3.8) is 0 Å². The maximum Gasteiger partial charge on any atom is 0.224 e. The highest BCUT2D eigenvalue weighted by atomic mass is 16.1. The van der Waals surface area contributed by atoms with Gasteiger partial charge in [-0.2, -0.15) is 0 Å². The molecule has 2 nitrogen and oxygen atoms in total. The largest absolute Gasteiger partial charge is 0.326 e. The Morgan fingerprint density at radius 2 is 1.89 bits per heavy atom. The maximum atomic E-state index is 12.1.